The fourth-order valence-electron chi connectivity index (χ4n) is 2.87. The molecule has 0 saturated carbocycles. The molecule has 0 unspecified atom stereocenters. The van der Waals surface area contributed by atoms with Gasteiger partial charge in [0, 0.05) is 37.2 Å². The highest BCUT2D eigenvalue weighted by Crippen LogP contribution is 2.24. The van der Waals surface area contributed by atoms with Gasteiger partial charge in [-0.25, -0.2) is 0 Å². The van der Waals surface area contributed by atoms with Crippen molar-refractivity contribution in [1.29, 1.82) is 0 Å². The highest BCUT2D eigenvalue weighted by atomic mass is 19.4. The lowest BCUT2D eigenvalue weighted by Gasteiger charge is -2.32. The van der Waals surface area contributed by atoms with Crippen LogP contribution in [0.4, 0.5) is 13.2 Å². The third-order valence-electron chi connectivity index (χ3n) is 4.25. The van der Waals surface area contributed by atoms with Crippen LogP contribution >= 0.6 is 0 Å². The summed E-state index contributed by atoms with van der Waals surface area (Å²) >= 11 is 0. The van der Waals surface area contributed by atoms with Crippen LogP contribution in [0.1, 0.15) is 28.9 Å². The molecule has 8 heteroatoms. The molecule has 2 aromatic rings. The average molecular weight is 380 g/mol. The van der Waals surface area contributed by atoms with Crippen molar-refractivity contribution >= 4 is 5.91 Å². The zero-order valence-electron chi connectivity index (χ0n) is 14.7. The van der Waals surface area contributed by atoms with Crippen molar-refractivity contribution in [1.82, 2.24) is 9.88 Å². The Morgan fingerprint density at radius 3 is 2.26 bits per heavy atom. The minimum atomic E-state index is -4.75. The van der Waals surface area contributed by atoms with Gasteiger partial charge in [0.05, 0.1) is 6.20 Å². The number of nitrogens with zero attached hydrogens (tertiary/aromatic N) is 2. The van der Waals surface area contributed by atoms with Crippen LogP contribution < -0.4 is 9.47 Å². The number of hydrogen-bond donors (Lipinski definition) is 0. The Morgan fingerprint density at radius 1 is 1.07 bits per heavy atom. The fraction of sp³-hybridized carbons (Fsp3) is 0.368. The molecule has 5 nitrogen and oxygen atoms in total. The van der Waals surface area contributed by atoms with Crippen LogP contribution in [-0.4, -0.2) is 41.3 Å². The highest BCUT2D eigenvalue weighted by Gasteiger charge is 2.31. The molecule has 2 heterocycles. The van der Waals surface area contributed by atoms with E-state index in [2.05, 4.69) is 9.72 Å². The Hall–Kier alpha value is -2.77. The summed E-state index contributed by atoms with van der Waals surface area (Å²) in [6.07, 6.45) is -1.72. The number of rotatable bonds is 4. The molecule has 1 aliphatic rings. The second-order valence-corrected chi connectivity index (χ2v) is 6.32. The Morgan fingerprint density at radius 2 is 1.70 bits per heavy atom. The first-order valence-corrected chi connectivity index (χ1v) is 8.54. The molecule has 0 atom stereocenters. The molecule has 1 fully saturated rings. The maximum atomic E-state index is 12.5. The Labute approximate surface area is 154 Å². The number of piperidine rings is 1. The van der Waals surface area contributed by atoms with Crippen LogP contribution in [0, 0.1) is 6.92 Å². The normalized spacial score (nSPS) is 15.5. The topological polar surface area (TPSA) is 51.7 Å². The van der Waals surface area contributed by atoms with E-state index >= 15 is 0 Å². The first-order valence-electron chi connectivity index (χ1n) is 8.54. The predicted molar refractivity (Wildman–Crippen MR) is 91.7 cm³/mol. The molecule has 1 aromatic carbocycles. The predicted octanol–water partition coefficient (Wildman–Crippen LogP) is 3.97. The van der Waals surface area contributed by atoms with Crippen molar-refractivity contribution < 1.29 is 27.4 Å². The zero-order chi connectivity index (χ0) is 19.4. The lowest BCUT2D eigenvalue weighted by atomic mass is 10.1. The van der Waals surface area contributed by atoms with Gasteiger partial charge in [0.1, 0.15) is 17.6 Å². The van der Waals surface area contributed by atoms with Gasteiger partial charge < -0.3 is 14.4 Å². The van der Waals surface area contributed by atoms with Crippen molar-refractivity contribution in [2.24, 2.45) is 0 Å². The van der Waals surface area contributed by atoms with Gasteiger partial charge in [-0.15, -0.1) is 13.2 Å². The number of hydrogen-bond acceptors (Lipinski definition) is 4. The largest absolute Gasteiger partial charge is 0.573 e. The molecule has 1 aromatic heterocycles. The van der Waals surface area contributed by atoms with Crippen molar-refractivity contribution in [3.05, 3.63) is 53.9 Å². The molecule has 0 aliphatic carbocycles. The minimum Gasteiger partial charge on any atom is -0.489 e. The van der Waals surface area contributed by atoms with Gasteiger partial charge in [-0.3, -0.25) is 9.78 Å². The number of benzene rings is 1. The smallest absolute Gasteiger partial charge is 0.489 e. The Kier molecular flexibility index (Phi) is 5.53. The molecule has 1 aliphatic heterocycles. The maximum absolute atomic E-state index is 12.5. The first kappa shape index (κ1) is 19.0. The second kappa shape index (κ2) is 7.85. The van der Waals surface area contributed by atoms with Crippen LogP contribution in [0.25, 0.3) is 0 Å². The maximum Gasteiger partial charge on any atom is 0.573 e. The van der Waals surface area contributed by atoms with E-state index < -0.39 is 6.36 Å². The molecule has 27 heavy (non-hydrogen) atoms. The van der Waals surface area contributed by atoms with E-state index in [0.29, 0.717) is 37.2 Å². The zero-order valence-corrected chi connectivity index (χ0v) is 14.7. The summed E-state index contributed by atoms with van der Waals surface area (Å²) in [6, 6.07) is 8.69. The minimum absolute atomic E-state index is 0.00103. The number of amides is 1. The van der Waals surface area contributed by atoms with Gasteiger partial charge in [-0.2, -0.15) is 0 Å². The monoisotopic (exact) mass is 380 g/mol. The number of carbonyl (C=O) groups excluding carboxylic acids is 1. The summed E-state index contributed by atoms with van der Waals surface area (Å²) in [5, 5.41) is 0. The number of halogens is 3. The van der Waals surface area contributed by atoms with Crippen molar-refractivity contribution in [3.63, 3.8) is 0 Å². The molecule has 0 bridgehead atoms. The van der Waals surface area contributed by atoms with Gasteiger partial charge >= 0.3 is 6.36 Å². The third-order valence-corrected chi connectivity index (χ3v) is 4.25. The van der Waals surface area contributed by atoms with Gasteiger partial charge in [0.15, 0.2) is 0 Å². The Balaban J connectivity index is 1.52. The molecule has 0 spiro atoms. The van der Waals surface area contributed by atoms with Crippen molar-refractivity contribution in [2.45, 2.75) is 32.2 Å². The van der Waals surface area contributed by atoms with Crippen molar-refractivity contribution in [2.75, 3.05) is 13.1 Å². The second-order valence-electron chi connectivity index (χ2n) is 6.32. The molecule has 0 N–H and O–H groups in total. The van der Waals surface area contributed by atoms with Gasteiger partial charge in [-0.1, -0.05) is 0 Å². The standard InChI is InChI=1S/C19H19F3N2O3/c1-13-2-5-17(12-23-13)26-15-8-10-24(11-9-15)18(25)14-3-6-16(7-4-14)27-19(20,21)22/h2-7,12,15H,8-11H2,1H3. The van der Waals surface area contributed by atoms with Crippen LogP contribution in [0.3, 0.4) is 0 Å². The summed E-state index contributed by atoms with van der Waals surface area (Å²) in [6.45, 7) is 2.93. The van der Waals surface area contributed by atoms with Gasteiger partial charge in [-0.05, 0) is 43.3 Å². The number of likely N-dealkylation sites (tertiary alicyclic amines) is 1. The quantitative estimate of drug-likeness (QED) is 0.805. The number of aromatic nitrogens is 1. The first-order chi connectivity index (χ1) is 12.8. The van der Waals surface area contributed by atoms with Gasteiger partial charge in [0.2, 0.25) is 0 Å². The number of carbonyl (C=O) groups is 1. The third kappa shape index (κ3) is 5.35. The molecule has 0 radical (unpaired) electrons. The highest BCUT2D eigenvalue weighted by molar-refractivity contribution is 5.94. The lowest BCUT2D eigenvalue weighted by Crippen LogP contribution is -2.41. The van der Waals surface area contributed by atoms with Crippen molar-refractivity contribution in [3.8, 4) is 11.5 Å². The number of ether oxygens (including phenoxy) is 2. The van der Waals surface area contributed by atoms with E-state index in [4.69, 9.17) is 4.74 Å². The number of aryl methyl sites for hydroxylation is 1. The van der Waals surface area contributed by atoms with Gasteiger partial charge in [0.25, 0.3) is 5.91 Å². The molecule has 1 amide bonds. The SMILES string of the molecule is Cc1ccc(OC2CCN(C(=O)c3ccc(OC(F)(F)F)cc3)CC2)cn1. The summed E-state index contributed by atoms with van der Waals surface area (Å²) < 4.78 is 46.3. The van der Waals surface area contributed by atoms with E-state index in [1.165, 1.54) is 12.1 Å². The number of pyridine rings is 1. The van der Waals surface area contributed by atoms with E-state index in [1.807, 2.05) is 19.1 Å². The number of alkyl halides is 3. The average Bonchev–Trinajstić information content (AvgIpc) is 2.63. The van der Waals surface area contributed by atoms with E-state index in [0.717, 1.165) is 17.8 Å². The summed E-state index contributed by atoms with van der Waals surface area (Å²) in [4.78, 5) is 18.4. The summed E-state index contributed by atoms with van der Waals surface area (Å²) in [5.41, 5.74) is 1.24. The molecule has 1 saturated heterocycles. The molecule has 3 rings (SSSR count). The molecular formula is C19H19F3N2O3. The van der Waals surface area contributed by atoms with E-state index in [-0.39, 0.29) is 17.8 Å². The van der Waals surface area contributed by atoms with E-state index in [1.54, 1.807) is 11.1 Å². The summed E-state index contributed by atoms with van der Waals surface area (Å²) in [7, 11) is 0. The molecule has 144 valence electrons. The lowest BCUT2D eigenvalue weighted by molar-refractivity contribution is -0.274. The Bertz CT molecular complexity index is 768. The van der Waals surface area contributed by atoms with Crippen LogP contribution in [0.15, 0.2) is 42.6 Å². The van der Waals surface area contributed by atoms with Crippen LogP contribution in [0.5, 0.6) is 11.5 Å². The van der Waals surface area contributed by atoms with E-state index in [9.17, 15) is 18.0 Å². The summed E-state index contributed by atoms with van der Waals surface area (Å²) in [5.74, 6) is 0.132. The molecular weight excluding hydrogens is 361 g/mol. The van der Waals surface area contributed by atoms with Crippen LogP contribution in [-0.2, 0) is 0 Å². The fourth-order valence-corrected chi connectivity index (χ4v) is 2.87. The van der Waals surface area contributed by atoms with Crippen LogP contribution in [0.2, 0.25) is 0 Å².